The zero-order valence-corrected chi connectivity index (χ0v) is 12.3. The number of hydrogen-bond acceptors (Lipinski definition) is 2. The first kappa shape index (κ1) is 18.7. The minimum Gasteiger partial charge on any atom is -0.340 e. The quantitative estimate of drug-likeness (QED) is 0.868. The van der Waals surface area contributed by atoms with Gasteiger partial charge in [0.2, 0.25) is 5.91 Å². The largest absolute Gasteiger partial charge is 0.340 e. The molecule has 3 nitrogen and oxygen atoms in total. The van der Waals surface area contributed by atoms with Crippen LogP contribution in [0.5, 0.6) is 0 Å². The van der Waals surface area contributed by atoms with E-state index in [1.54, 1.807) is 13.8 Å². The average Bonchev–Trinajstić information content (AvgIpc) is 2.33. The van der Waals surface area contributed by atoms with Gasteiger partial charge in [0, 0.05) is 13.6 Å². The standard InChI is InChI=1S/C13H17F3N2O.ClH/c1-7(2)12(17)13(19)18(3)6-8-4-9(14)11(16)10(15)5-8;/h4-5,7,12H,6,17H2,1-3H3;1H/t12-;/m0./s1. The van der Waals surface area contributed by atoms with E-state index in [-0.39, 0.29) is 36.3 Å². The van der Waals surface area contributed by atoms with Gasteiger partial charge >= 0.3 is 0 Å². The first-order chi connectivity index (χ1) is 8.73. The van der Waals surface area contributed by atoms with Crippen molar-refractivity contribution in [3.05, 3.63) is 35.1 Å². The summed E-state index contributed by atoms with van der Waals surface area (Å²) in [5.74, 6) is -4.44. The van der Waals surface area contributed by atoms with Gasteiger partial charge in [0.25, 0.3) is 0 Å². The van der Waals surface area contributed by atoms with E-state index in [1.807, 2.05) is 0 Å². The Morgan fingerprint density at radius 3 is 2.10 bits per heavy atom. The SMILES string of the molecule is CC(C)[C@H](N)C(=O)N(C)Cc1cc(F)c(F)c(F)c1.Cl. The molecule has 0 aliphatic carbocycles. The van der Waals surface area contributed by atoms with E-state index in [9.17, 15) is 18.0 Å². The Morgan fingerprint density at radius 1 is 1.25 bits per heavy atom. The van der Waals surface area contributed by atoms with Crippen LogP contribution in [0.25, 0.3) is 0 Å². The number of nitrogens with zero attached hydrogens (tertiary/aromatic N) is 1. The van der Waals surface area contributed by atoms with Crippen molar-refractivity contribution in [2.45, 2.75) is 26.4 Å². The van der Waals surface area contributed by atoms with Crippen LogP contribution in [0.3, 0.4) is 0 Å². The average molecular weight is 311 g/mol. The van der Waals surface area contributed by atoms with Gasteiger partial charge in [0.1, 0.15) is 0 Å². The summed E-state index contributed by atoms with van der Waals surface area (Å²) < 4.78 is 38.9. The lowest BCUT2D eigenvalue weighted by molar-refractivity contribution is -0.132. The van der Waals surface area contributed by atoms with Crippen molar-refractivity contribution in [1.82, 2.24) is 4.90 Å². The minimum absolute atomic E-state index is 0. The second-order valence-electron chi connectivity index (χ2n) is 4.84. The minimum atomic E-state index is -1.52. The number of likely N-dealkylation sites (N-methyl/N-ethyl adjacent to an activating group) is 1. The second kappa shape index (κ2) is 7.50. The highest BCUT2D eigenvalue weighted by Crippen LogP contribution is 2.15. The van der Waals surface area contributed by atoms with Crippen LogP contribution in [-0.2, 0) is 11.3 Å². The molecule has 1 amide bonds. The highest BCUT2D eigenvalue weighted by atomic mass is 35.5. The number of hydrogen-bond donors (Lipinski definition) is 1. The molecule has 0 heterocycles. The number of nitrogens with two attached hydrogens (primary N) is 1. The van der Waals surface area contributed by atoms with E-state index in [4.69, 9.17) is 5.73 Å². The molecule has 0 radical (unpaired) electrons. The molecule has 0 aliphatic heterocycles. The summed E-state index contributed by atoms with van der Waals surface area (Å²) >= 11 is 0. The molecule has 20 heavy (non-hydrogen) atoms. The predicted octanol–water partition coefficient (Wildman–Crippen LogP) is 2.47. The third kappa shape index (κ3) is 4.38. The van der Waals surface area contributed by atoms with Gasteiger partial charge in [-0.1, -0.05) is 13.8 Å². The fourth-order valence-electron chi connectivity index (χ4n) is 1.59. The molecule has 114 valence electrons. The summed E-state index contributed by atoms with van der Waals surface area (Å²) in [4.78, 5) is 13.1. The first-order valence-corrected chi connectivity index (χ1v) is 5.88. The van der Waals surface area contributed by atoms with Crippen LogP contribution in [0.4, 0.5) is 13.2 Å². The summed E-state index contributed by atoms with van der Waals surface area (Å²) in [6, 6.07) is 1.05. The van der Waals surface area contributed by atoms with E-state index in [0.717, 1.165) is 12.1 Å². The lowest BCUT2D eigenvalue weighted by atomic mass is 10.0. The highest BCUT2D eigenvalue weighted by Gasteiger charge is 2.21. The zero-order valence-electron chi connectivity index (χ0n) is 11.5. The van der Waals surface area contributed by atoms with Crippen molar-refractivity contribution >= 4 is 18.3 Å². The Hall–Kier alpha value is -1.27. The van der Waals surface area contributed by atoms with Crippen molar-refractivity contribution in [3.8, 4) is 0 Å². The van der Waals surface area contributed by atoms with Gasteiger partial charge in [-0.3, -0.25) is 4.79 Å². The van der Waals surface area contributed by atoms with Gasteiger partial charge < -0.3 is 10.6 Å². The van der Waals surface area contributed by atoms with E-state index in [2.05, 4.69) is 0 Å². The molecular formula is C13H18ClF3N2O. The van der Waals surface area contributed by atoms with Gasteiger partial charge in [-0.05, 0) is 23.6 Å². The van der Waals surface area contributed by atoms with Crippen molar-refractivity contribution in [2.75, 3.05) is 7.05 Å². The van der Waals surface area contributed by atoms with E-state index >= 15 is 0 Å². The second-order valence-corrected chi connectivity index (χ2v) is 4.84. The molecule has 0 aromatic heterocycles. The molecule has 0 unspecified atom stereocenters. The van der Waals surface area contributed by atoms with Crippen LogP contribution in [0.15, 0.2) is 12.1 Å². The molecule has 0 saturated carbocycles. The Balaban J connectivity index is 0.00000361. The van der Waals surface area contributed by atoms with Gasteiger partial charge in [-0.2, -0.15) is 0 Å². The number of carbonyl (C=O) groups is 1. The maximum atomic E-state index is 13.0. The van der Waals surface area contributed by atoms with Crippen molar-refractivity contribution in [1.29, 1.82) is 0 Å². The molecule has 7 heteroatoms. The van der Waals surface area contributed by atoms with Crippen molar-refractivity contribution in [2.24, 2.45) is 11.7 Å². The van der Waals surface area contributed by atoms with Crippen molar-refractivity contribution in [3.63, 3.8) is 0 Å². The topological polar surface area (TPSA) is 46.3 Å². The Morgan fingerprint density at radius 2 is 1.70 bits per heavy atom. The summed E-state index contributed by atoms with van der Waals surface area (Å²) in [5, 5.41) is 0. The normalized spacial score (nSPS) is 12.0. The van der Waals surface area contributed by atoms with Gasteiger partial charge in [-0.25, -0.2) is 13.2 Å². The number of amides is 1. The molecule has 0 aliphatic rings. The lowest BCUT2D eigenvalue weighted by Gasteiger charge is -2.23. The maximum absolute atomic E-state index is 13.0. The van der Waals surface area contributed by atoms with Gasteiger partial charge in [0.05, 0.1) is 6.04 Å². The van der Waals surface area contributed by atoms with Crippen LogP contribution in [0.2, 0.25) is 0 Å². The first-order valence-electron chi connectivity index (χ1n) is 5.88. The fraction of sp³-hybridized carbons (Fsp3) is 0.462. The van der Waals surface area contributed by atoms with Crippen LogP contribution < -0.4 is 5.73 Å². The summed E-state index contributed by atoms with van der Waals surface area (Å²) in [7, 11) is 1.48. The Bertz CT molecular complexity index is 460. The fourth-order valence-corrected chi connectivity index (χ4v) is 1.59. The van der Waals surface area contributed by atoms with Crippen LogP contribution in [0, 0.1) is 23.4 Å². The predicted molar refractivity (Wildman–Crippen MR) is 72.9 cm³/mol. The molecule has 1 atom stereocenters. The van der Waals surface area contributed by atoms with Crippen LogP contribution in [0.1, 0.15) is 19.4 Å². The van der Waals surface area contributed by atoms with Crippen LogP contribution in [-0.4, -0.2) is 23.9 Å². The van der Waals surface area contributed by atoms with Crippen molar-refractivity contribution < 1.29 is 18.0 Å². The number of rotatable bonds is 4. The van der Waals surface area contributed by atoms with E-state index in [0.29, 0.717) is 0 Å². The molecule has 1 aromatic rings. The smallest absolute Gasteiger partial charge is 0.239 e. The monoisotopic (exact) mass is 310 g/mol. The molecule has 1 rings (SSSR count). The number of halogens is 4. The Kier molecular flexibility index (Phi) is 7.02. The summed E-state index contributed by atoms with van der Waals surface area (Å²) in [6.45, 7) is 3.56. The van der Waals surface area contributed by atoms with Gasteiger partial charge in [-0.15, -0.1) is 12.4 Å². The molecule has 0 spiro atoms. The lowest BCUT2D eigenvalue weighted by Crippen LogP contribution is -2.44. The maximum Gasteiger partial charge on any atom is 0.239 e. The molecule has 0 fully saturated rings. The zero-order chi connectivity index (χ0) is 14.7. The number of carbonyl (C=O) groups excluding carboxylic acids is 1. The Labute approximate surface area is 122 Å². The molecule has 2 N–H and O–H groups in total. The molecule has 0 bridgehead atoms. The van der Waals surface area contributed by atoms with E-state index < -0.39 is 23.5 Å². The molecule has 1 aromatic carbocycles. The third-order valence-electron chi connectivity index (χ3n) is 2.84. The summed E-state index contributed by atoms with van der Waals surface area (Å²) in [5.41, 5.74) is 5.87. The molecular weight excluding hydrogens is 293 g/mol. The van der Waals surface area contributed by atoms with E-state index in [1.165, 1.54) is 11.9 Å². The third-order valence-corrected chi connectivity index (χ3v) is 2.84. The number of benzene rings is 1. The summed E-state index contributed by atoms with van der Waals surface area (Å²) in [6.07, 6.45) is 0. The highest BCUT2D eigenvalue weighted by molar-refractivity contribution is 5.85. The van der Waals surface area contributed by atoms with Crippen LogP contribution >= 0.6 is 12.4 Å². The van der Waals surface area contributed by atoms with Gasteiger partial charge in [0.15, 0.2) is 17.5 Å². The molecule has 0 saturated heterocycles.